The fraction of sp³-hybridized carbons (Fsp3) is 0.273. The van der Waals surface area contributed by atoms with E-state index in [1.165, 1.54) is 6.08 Å². The smallest absolute Gasteiger partial charge is 0.262 e. The molecule has 0 spiro atoms. The van der Waals surface area contributed by atoms with E-state index in [0.717, 1.165) is 17.5 Å². The van der Waals surface area contributed by atoms with Crippen molar-refractivity contribution in [3.05, 3.63) is 63.8 Å². The van der Waals surface area contributed by atoms with Crippen LogP contribution in [0.1, 0.15) is 30.0 Å². The van der Waals surface area contributed by atoms with Gasteiger partial charge in [0.05, 0.1) is 18.3 Å². The number of carboxylic acid groups (broad SMARTS) is 1. The fourth-order valence-electron chi connectivity index (χ4n) is 2.55. The van der Waals surface area contributed by atoms with Crippen LogP contribution in [0.3, 0.4) is 0 Å². The Hall–Kier alpha value is -2.99. The number of carboxylic acids is 1. The summed E-state index contributed by atoms with van der Waals surface area (Å²) in [4.78, 5) is 23.6. The lowest BCUT2D eigenvalue weighted by Crippen LogP contribution is -2.37. The molecule has 0 radical (unpaired) electrons. The first-order chi connectivity index (χ1) is 13.8. The van der Waals surface area contributed by atoms with Crippen LogP contribution in [0, 0.1) is 13.8 Å². The second kappa shape index (κ2) is 10.5. The monoisotopic (exact) mass is 416 g/mol. The van der Waals surface area contributed by atoms with E-state index >= 15 is 0 Å². The van der Waals surface area contributed by atoms with Crippen molar-refractivity contribution in [1.29, 1.82) is 0 Å². The van der Waals surface area contributed by atoms with Gasteiger partial charge in [0.25, 0.3) is 5.91 Å². The molecule has 0 aliphatic carbocycles. The summed E-state index contributed by atoms with van der Waals surface area (Å²) in [5.74, 6) is -1.04. The third-order valence-electron chi connectivity index (χ3n) is 3.92. The molecule has 0 heterocycles. The number of carbonyl (C=O) groups is 2. The molecule has 29 heavy (non-hydrogen) atoms. The van der Waals surface area contributed by atoms with Crippen molar-refractivity contribution in [2.75, 3.05) is 13.2 Å². The van der Waals surface area contributed by atoms with E-state index in [1.54, 1.807) is 36.4 Å². The van der Waals surface area contributed by atoms with Crippen LogP contribution in [0.5, 0.6) is 11.5 Å². The molecule has 1 amide bonds. The average Bonchev–Trinajstić information content (AvgIpc) is 2.68. The van der Waals surface area contributed by atoms with Gasteiger partial charge < -0.3 is 24.7 Å². The molecule has 7 heteroatoms. The maximum Gasteiger partial charge on any atom is 0.262 e. The van der Waals surface area contributed by atoms with E-state index in [-0.39, 0.29) is 12.3 Å². The molecule has 0 fully saturated rings. The normalized spacial score (nSPS) is 11.1. The van der Waals surface area contributed by atoms with Crippen LogP contribution in [0.25, 0.3) is 6.08 Å². The van der Waals surface area contributed by atoms with Gasteiger partial charge in [0, 0.05) is 5.02 Å². The average molecular weight is 417 g/mol. The van der Waals surface area contributed by atoms with Crippen LogP contribution in [-0.4, -0.2) is 25.1 Å². The van der Waals surface area contributed by atoms with E-state index in [2.05, 4.69) is 5.32 Å². The zero-order valence-corrected chi connectivity index (χ0v) is 17.3. The van der Waals surface area contributed by atoms with Gasteiger partial charge in [-0.05, 0) is 67.3 Å². The molecule has 0 bridgehead atoms. The summed E-state index contributed by atoms with van der Waals surface area (Å²) >= 11 is 6.11. The molecule has 0 saturated heterocycles. The van der Waals surface area contributed by atoms with Crippen LogP contribution in [0.2, 0.25) is 5.02 Å². The third kappa shape index (κ3) is 6.84. The molecule has 6 nitrogen and oxygen atoms in total. The number of ether oxygens (including phenoxy) is 2. The fourth-order valence-corrected chi connectivity index (χ4v) is 2.66. The van der Waals surface area contributed by atoms with Crippen molar-refractivity contribution < 1.29 is 24.2 Å². The van der Waals surface area contributed by atoms with Gasteiger partial charge in [-0.25, -0.2) is 0 Å². The van der Waals surface area contributed by atoms with Gasteiger partial charge >= 0.3 is 0 Å². The molecule has 1 N–H and O–H groups in total. The Morgan fingerprint density at radius 3 is 2.41 bits per heavy atom. The summed E-state index contributed by atoms with van der Waals surface area (Å²) in [6, 6.07) is 10.3. The summed E-state index contributed by atoms with van der Waals surface area (Å²) in [6.45, 7) is 5.85. The Labute approximate surface area is 175 Å². The van der Waals surface area contributed by atoms with Gasteiger partial charge in [-0.1, -0.05) is 30.7 Å². The highest BCUT2D eigenvalue weighted by Crippen LogP contribution is 2.25. The summed E-state index contributed by atoms with van der Waals surface area (Å²) in [6.07, 6.45) is 2.16. The maximum absolute atomic E-state index is 12.1. The van der Waals surface area contributed by atoms with E-state index in [9.17, 15) is 14.7 Å². The molecule has 0 aliphatic heterocycles. The number of carbonyl (C=O) groups excluding carboxylic acids is 2. The molecule has 154 valence electrons. The molecular formula is C22H23ClNO5-. The zero-order chi connectivity index (χ0) is 21.4. The summed E-state index contributed by atoms with van der Waals surface area (Å²) < 4.78 is 11.0. The van der Waals surface area contributed by atoms with Crippen molar-refractivity contribution in [2.24, 2.45) is 0 Å². The second-order valence-corrected chi connectivity index (χ2v) is 6.85. The Morgan fingerprint density at radius 1 is 1.10 bits per heavy atom. The van der Waals surface area contributed by atoms with Crippen LogP contribution < -0.4 is 19.9 Å². The van der Waals surface area contributed by atoms with Crippen LogP contribution >= 0.6 is 11.6 Å². The first kappa shape index (κ1) is 22.3. The Kier molecular flexibility index (Phi) is 8.09. The highest BCUT2D eigenvalue weighted by molar-refractivity contribution is 6.32. The molecule has 2 aromatic carbocycles. The summed E-state index contributed by atoms with van der Waals surface area (Å²) in [5.41, 5.74) is 1.84. The van der Waals surface area contributed by atoms with Crippen molar-refractivity contribution in [3.63, 3.8) is 0 Å². The molecule has 0 atom stereocenters. The molecule has 2 aromatic rings. The first-order valence-corrected chi connectivity index (χ1v) is 9.53. The molecule has 0 aromatic heterocycles. The van der Waals surface area contributed by atoms with Gasteiger partial charge in [0.1, 0.15) is 11.5 Å². The minimum absolute atomic E-state index is 0.356. The SMILES string of the molecule is CCCOc1cccc(/C=C(/NC(=O)COc2cc(C)c(Cl)c(C)c2)C(=O)[O-])c1. The number of nitrogens with one attached hydrogen (secondary N) is 1. The number of rotatable bonds is 9. The largest absolute Gasteiger partial charge is 0.543 e. The van der Waals surface area contributed by atoms with Gasteiger partial charge in [-0.2, -0.15) is 0 Å². The van der Waals surface area contributed by atoms with E-state index in [0.29, 0.717) is 28.7 Å². The van der Waals surface area contributed by atoms with Gasteiger partial charge in [0.15, 0.2) is 6.61 Å². The molecule has 0 saturated carbocycles. The zero-order valence-electron chi connectivity index (χ0n) is 16.6. The van der Waals surface area contributed by atoms with Crippen molar-refractivity contribution in [3.8, 4) is 11.5 Å². The lowest BCUT2D eigenvalue weighted by molar-refractivity contribution is -0.299. The quantitative estimate of drug-likeness (QED) is 0.635. The van der Waals surface area contributed by atoms with Crippen LogP contribution in [0.15, 0.2) is 42.1 Å². The predicted octanol–water partition coefficient (Wildman–Crippen LogP) is 3.03. The topological polar surface area (TPSA) is 87.7 Å². The van der Waals surface area contributed by atoms with Crippen molar-refractivity contribution in [2.45, 2.75) is 27.2 Å². The Bertz CT molecular complexity index is 900. The predicted molar refractivity (Wildman–Crippen MR) is 110 cm³/mol. The standard InChI is InChI=1S/C22H24ClNO5/c1-4-8-28-17-7-5-6-16(11-17)12-19(22(26)27)24-20(25)13-29-18-9-14(2)21(23)15(3)10-18/h5-7,9-12H,4,8,13H2,1-3H3,(H,24,25)(H,26,27)/p-1/b19-12+. The lowest BCUT2D eigenvalue weighted by Gasteiger charge is -2.13. The minimum Gasteiger partial charge on any atom is -0.543 e. The Balaban J connectivity index is 2.05. The Morgan fingerprint density at radius 2 is 1.79 bits per heavy atom. The van der Waals surface area contributed by atoms with Crippen LogP contribution in [0.4, 0.5) is 0 Å². The van der Waals surface area contributed by atoms with Gasteiger partial charge in [0.2, 0.25) is 0 Å². The molecular weight excluding hydrogens is 394 g/mol. The van der Waals surface area contributed by atoms with Crippen molar-refractivity contribution in [1.82, 2.24) is 5.32 Å². The minimum atomic E-state index is -1.50. The number of aryl methyl sites for hydroxylation is 2. The van der Waals surface area contributed by atoms with E-state index < -0.39 is 11.9 Å². The summed E-state index contributed by atoms with van der Waals surface area (Å²) in [7, 11) is 0. The van der Waals surface area contributed by atoms with Crippen molar-refractivity contribution >= 4 is 29.6 Å². The molecule has 0 aliphatic rings. The number of halogens is 1. The number of amides is 1. The number of hydrogen-bond donors (Lipinski definition) is 1. The number of hydrogen-bond acceptors (Lipinski definition) is 5. The number of benzene rings is 2. The third-order valence-corrected chi connectivity index (χ3v) is 4.51. The highest BCUT2D eigenvalue weighted by Gasteiger charge is 2.09. The lowest BCUT2D eigenvalue weighted by atomic mass is 10.1. The second-order valence-electron chi connectivity index (χ2n) is 6.47. The molecule has 2 rings (SSSR count). The van der Waals surface area contributed by atoms with E-state index in [4.69, 9.17) is 21.1 Å². The molecule has 0 unspecified atom stereocenters. The van der Waals surface area contributed by atoms with Crippen LogP contribution in [-0.2, 0) is 9.59 Å². The van der Waals surface area contributed by atoms with E-state index in [1.807, 2.05) is 20.8 Å². The first-order valence-electron chi connectivity index (χ1n) is 9.15. The van der Waals surface area contributed by atoms with Gasteiger partial charge in [-0.3, -0.25) is 4.79 Å². The number of aliphatic carboxylic acids is 1. The maximum atomic E-state index is 12.1. The highest BCUT2D eigenvalue weighted by atomic mass is 35.5. The van der Waals surface area contributed by atoms with Gasteiger partial charge in [-0.15, -0.1) is 0 Å². The summed E-state index contributed by atoms with van der Waals surface area (Å²) in [5, 5.41) is 14.4.